The van der Waals surface area contributed by atoms with Crippen molar-refractivity contribution in [2.24, 2.45) is 11.8 Å². The van der Waals surface area contributed by atoms with E-state index in [0.717, 1.165) is 68.3 Å². The first-order valence-electron chi connectivity index (χ1n) is 13.2. The van der Waals surface area contributed by atoms with Gasteiger partial charge in [0.05, 0.1) is 26.3 Å². The zero-order valence-corrected chi connectivity index (χ0v) is 22.0. The third-order valence-corrected chi connectivity index (χ3v) is 7.81. The van der Waals surface area contributed by atoms with Crippen LogP contribution in [-0.4, -0.2) is 86.8 Å². The highest BCUT2D eigenvalue weighted by Crippen LogP contribution is 2.31. The minimum atomic E-state index is -0.751. The number of carbonyl (C=O) groups excluding carboxylic acids is 1. The average molecular weight is 510 g/mol. The number of ether oxygens (including phenoxy) is 2. The summed E-state index contributed by atoms with van der Waals surface area (Å²) in [5, 5.41) is 9.48. The molecule has 1 N–H and O–H groups in total. The van der Waals surface area contributed by atoms with Gasteiger partial charge in [-0.1, -0.05) is 24.3 Å². The number of carbonyl (C=O) groups is 2. The molecule has 2 aliphatic heterocycles. The van der Waals surface area contributed by atoms with Crippen LogP contribution in [0.1, 0.15) is 24.8 Å². The van der Waals surface area contributed by atoms with Crippen molar-refractivity contribution in [3.05, 3.63) is 54.1 Å². The van der Waals surface area contributed by atoms with Crippen LogP contribution in [0, 0.1) is 11.8 Å². The Morgan fingerprint density at radius 2 is 1.65 bits per heavy atom. The van der Waals surface area contributed by atoms with Crippen LogP contribution in [-0.2, 0) is 16.0 Å². The van der Waals surface area contributed by atoms with Crippen LogP contribution >= 0.6 is 0 Å². The monoisotopic (exact) mass is 509 g/mol. The minimum absolute atomic E-state index is 0.106. The number of rotatable bonds is 10. The number of carboxylic acids is 1. The van der Waals surface area contributed by atoms with Gasteiger partial charge in [0.2, 0.25) is 5.91 Å². The summed E-state index contributed by atoms with van der Waals surface area (Å²) >= 11 is 0. The van der Waals surface area contributed by atoms with E-state index < -0.39 is 5.97 Å². The highest BCUT2D eigenvalue weighted by molar-refractivity contribution is 5.79. The molecular formula is C29H39N3O5. The van der Waals surface area contributed by atoms with Crippen molar-refractivity contribution in [3.8, 4) is 11.5 Å². The van der Waals surface area contributed by atoms with Crippen molar-refractivity contribution in [1.82, 2.24) is 9.80 Å². The zero-order chi connectivity index (χ0) is 26.2. The Labute approximate surface area is 219 Å². The first-order chi connectivity index (χ1) is 18.0. The Bertz CT molecular complexity index is 1040. The Balaban J connectivity index is 1.31. The van der Waals surface area contributed by atoms with Crippen molar-refractivity contribution >= 4 is 17.6 Å². The summed E-state index contributed by atoms with van der Waals surface area (Å²) in [5.74, 6) is 1.32. The van der Waals surface area contributed by atoms with Crippen LogP contribution in [0.15, 0.2) is 48.5 Å². The normalized spacial score (nSPS) is 20.5. The first kappa shape index (κ1) is 26.8. The molecule has 2 aromatic rings. The van der Waals surface area contributed by atoms with Gasteiger partial charge in [-0.3, -0.25) is 14.5 Å². The predicted molar refractivity (Wildman–Crippen MR) is 143 cm³/mol. The molecule has 0 bridgehead atoms. The standard InChI is InChI=1S/C29H39N3O5/c1-36-25-9-7-22(8-10-25)19-28(33)32-14-12-23(20-29(34)35)24(21-32)11-13-30-15-17-31(18-16-30)26-5-3-4-6-27(26)37-2/h3-10,23-24H,11-21H2,1-2H3,(H,34,35). The van der Waals surface area contributed by atoms with E-state index in [4.69, 9.17) is 9.47 Å². The number of piperazine rings is 1. The van der Waals surface area contributed by atoms with Crippen LogP contribution in [0.5, 0.6) is 11.5 Å². The maximum atomic E-state index is 13.1. The quantitative estimate of drug-likeness (QED) is 0.526. The highest BCUT2D eigenvalue weighted by Gasteiger charge is 2.33. The van der Waals surface area contributed by atoms with E-state index in [1.807, 2.05) is 47.4 Å². The van der Waals surface area contributed by atoms with Crippen LogP contribution in [0.3, 0.4) is 0 Å². The molecule has 1 amide bonds. The van der Waals surface area contributed by atoms with Crippen LogP contribution < -0.4 is 14.4 Å². The van der Waals surface area contributed by atoms with Gasteiger partial charge in [0.25, 0.3) is 0 Å². The molecule has 0 spiro atoms. The molecule has 2 aliphatic rings. The van der Waals surface area contributed by atoms with Crippen LogP contribution in [0.2, 0.25) is 0 Å². The number of benzene rings is 2. The number of piperidine rings is 1. The van der Waals surface area contributed by atoms with Gasteiger partial charge in [-0.2, -0.15) is 0 Å². The average Bonchev–Trinajstić information content (AvgIpc) is 2.93. The second kappa shape index (κ2) is 12.8. The van der Waals surface area contributed by atoms with Crippen LogP contribution in [0.25, 0.3) is 0 Å². The molecule has 2 saturated heterocycles. The molecule has 0 radical (unpaired) electrons. The van der Waals surface area contributed by atoms with E-state index >= 15 is 0 Å². The van der Waals surface area contributed by atoms with Crippen molar-refractivity contribution in [2.75, 3.05) is 64.9 Å². The summed E-state index contributed by atoms with van der Waals surface area (Å²) in [6, 6.07) is 15.7. The Hall–Kier alpha value is -3.26. The largest absolute Gasteiger partial charge is 0.497 e. The maximum Gasteiger partial charge on any atom is 0.303 e. The number of anilines is 1. The SMILES string of the molecule is COc1ccc(CC(=O)N2CCC(CC(=O)O)C(CCN3CCN(c4ccccc4OC)CC3)C2)cc1. The Morgan fingerprint density at radius 1 is 0.919 bits per heavy atom. The molecule has 0 aromatic heterocycles. The number of amides is 1. The van der Waals surface area contributed by atoms with Crippen molar-refractivity contribution in [2.45, 2.75) is 25.7 Å². The van der Waals surface area contributed by atoms with Gasteiger partial charge in [0.1, 0.15) is 11.5 Å². The second-order valence-corrected chi connectivity index (χ2v) is 10.1. The second-order valence-electron chi connectivity index (χ2n) is 10.1. The molecule has 4 rings (SSSR count). The summed E-state index contributed by atoms with van der Waals surface area (Å²) in [7, 11) is 3.33. The molecule has 200 valence electrons. The van der Waals surface area contributed by atoms with Crippen molar-refractivity contribution < 1.29 is 24.2 Å². The fourth-order valence-electron chi connectivity index (χ4n) is 5.61. The fourth-order valence-corrected chi connectivity index (χ4v) is 5.61. The van der Waals surface area contributed by atoms with Gasteiger partial charge in [0.15, 0.2) is 0 Å². The lowest BCUT2D eigenvalue weighted by Gasteiger charge is -2.40. The molecule has 2 aromatic carbocycles. The number of carboxylic acid groups (broad SMARTS) is 1. The van der Waals surface area contributed by atoms with Gasteiger partial charge >= 0.3 is 5.97 Å². The van der Waals surface area contributed by atoms with E-state index in [2.05, 4.69) is 15.9 Å². The molecule has 37 heavy (non-hydrogen) atoms. The van der Waals surface area contributed by atoms with Gasteiger partial charge in [-0.15, -0.1) is 0 Å². The van der Waals surface area contributed by atoms with E-state index in [1.165, 1.54) is 0 Å². The third kappa shape index (κ3) is 7.16. The van der Waals surface area contributed by atoms with Crippen molar-refractivity contribution in [1.29, 1.82) is 0 Å². The molecule has 2 fully saturated rings. The van der Waals surface area contributed by atoms with E-state index in [1.54, 1.807) is 14.2 Å². The Kier molecular flexibility index (Phi) is 9.28. The van der Waals surface area contributed by atoms with Crippen LogP contribution in [0.4, 0.5) is 5.69 Å². The third-order valence-electron chi connectivity index (χ3n) is 7.81. The molecule has 8 heteroatoms. The first-order valence-corrected chi connectivity index (χ1v) is 13.2. The molecular weight excluding hydrogens is 470 g/mol. The summed E-state index contributed by atoms with van der Waals surface area (Å²) in [6.45, 7) is 5.94. The summed E-state index contributed by atoms with van der Waals surface area (Å²) < 4.78 is 10.7. The molecule has 2 atom stereocenters. The van der Waals surface area contributed by atoms with Gasteiger partial charge < -0.3 is 24.4 Å². The predicted octanol–water partition coefficient (Wildman–Crippen LogP) is 3.40. The summed E-state index contributed by atoms with van der Waals surface area (Å²) in [6.07, 6.45) is 2.17. The number of hydrogen-bond acceptors (Lipinski definition) is 6. The topological polar surface area (TPSA) is 82.5 Å². The van der Waals surface area contributed by atoms with E-state index in [9.17, 15) is 14.7 Å². The number of nitrogens with zero attached hydrogens (tertiary/aromatic N) is 3. The number of methoxy groups -OCH3 is 2. The molecule has 8 nitrogen and oxygen atoms in total. The molecule has 0 saturated carbocycles. The number of hydrogen-bond donors (Lipinski definition) is 1. The maximum absolute atomic E-state index is 13.1. The molecule has 0 aliphatic carbocycles. The smallest absolute Gasteiger partial charge is 0.303 e. The van der Waals surface area contributed by atoms with Gasteiger partial charge in [0, 0.05) is 45.7 Å². The fraction of sp³-hybridized carbons (Fsp3) is 0.517. The lowest BCUT2D eigenvalue weighted by atomic mass is 9.81. The lowest BCUT2D eigenvalue weighted by molar-refractivity contribution is -0.139. The van der Waals surface area contributed by atoms with Gasteiger partial charge in [-0.25, -0.2) is 0 Å². The van der Waals surface area contributed by atoms with Crippen molar-refractivity contribution in [3.63, 3.8) is 0 Å². The minimum Gasteiger partial charge on any atom is -0.497 e. The number of aliphatic carboxylic acids is 1. The number of likely N-dealkylation sites (tertiary alicyclic amines) is 1. The summed E-state index contributed by atoms with van der Waals surface area (Å²) in [5.41, 5.74) is 2.09. The van der Waals surface area contributed by atoms with E-state index in [-0.39, 0.29) is 24.2 Å². The highest BCUT2D eigenvalue weighted by atomic mass is 16.5. The molecule has 2 unspecified atom stereocenters. The summed E-state index contributed by atoms with van der Waals surface area (Å²) in [4.78, 5) is 31.4. The Morgan fingerprint density at radius 3 is 2.32 bits per heavy atom. The molecule has 2 heterocycles. The van der Waals surface area contributed by atoms with Gasteiger partial charge in [-0.05, 0) is 61.1 Å². The zero-order valence-electron chi connectivity index (χ0n) is 22.0. The van der Waals surface area contributed by atoms with E-state index in [0.29, 0.717) is 19.5 Å². The lowest BCUT2D eigenvalue weighted by Crippen LogP contribution is -2.49. The number of para-hydroxylation sites is 2.